The molecule has 3 heteroatoms. The Morgan fingerprint density at radius 1 is 1.44 bits per heavy atom. The van der Waals surface area contributed by atoms with Crippen LogP contribution >= 0.6 is 11.8 Å². The van der Waals surface area contributed by atoms with Crippen molar-refractivity contribution in [2.45, 2.75) is 36.7 Å². The van der Waals surface area contributed by atoms with Crippen molar-refractivity contribution in [2.24, 2.45) is 5.73 Å². The van der Waals surface area contributed by atoms with Gasteiger partial charge in [-0.2, -0.15) is 0 Å². The number of hydrogen-bond acceptors (Lipinski definition) is 3. The molecule has 0 fully saturated rings. The van der Waals surface area contributed by atoms with Crippen LogP contribution in [0.3, 0.4) is 0 Å². The van der Waals surface area contributed by atoms with Gasteiger partial charge in [0.2, 0.25) is 0 Å². The lowest BCUT2D eigenvalue weighted by Crippen LogP contribution is -2.33. The summed E-state index contributed by atoms with van der Waals surface area (Å²) in [6, 6.07) is 7.19. The zero-order chi connectivity index (χ0) is 11.5. The first-order valence-corrected chi connectivity index (χ1v) is 6.89. The summed E-state index contributed by atoms with van der Waals surface area (Å²) in [6.45, 7) is 2.05. The quantitative estimate of drug-likeness (QED) is 0.846. The van der Waals surface area contributed by atoms with Gasteiger partial charge in [-0.1, -0.05) is 12.1 Å². The summed E-state index contributed by atoms with van der Waals surface area (Å²) < 4.78 is 0. The third kappa shape index (κ3) is 2.42. The number of benzene rings is 1. The number of nitrogens with one attached hydrogen (secondary N) is 1. The Balaban J connectivity index is 2.28. The molecular formula is C13H20N2S. The zero-order valence-corrected chi connectivity index (χ0v) is 10.8. The highest BCUT2D eigenvalue weighted by molar-refractivity contribution is 7.99. The molecule has 0 radical (unpaired) electrons. The molecule has 0 aromatic heterocycles. The van der Waals surface area contributed by atoms with E-state index in [2.05, 4.69) is 30.4 Å². The summed E-state index contributed by atoms with van der Waals surface area (Å²) in [4.78, 5) is 1.45. The number of fused-ring (bicyclic) bond motifs is 1. The molecule has 3 N–H and O–H groups in total. The minimum absolute atomic E-state index is 0.138. The first-order chi connectivity index (χ1) is 7.72. The van der Waals surface area contributed by atoms with E-state index in [-0.39, 0.29) is 12.1 Å². The van der Waals surface area contributed by atoms with E-state index in [9.17, 15) is 0 Å². The summed E-state index contributed by atoms with van der Waals surface area (Å²) in [5, 5.41) is 3.29. The van der Waals surface area contributed by atoms with Gasteiger partial charge in [0.1, 0.15) is 0 Å². The molecule has 0 aliphatic carbocycles. The van der Waals surface area contributed by atoms with E-state index in [4.69, 9.17) is 5.73 Å². The van der Waals surface area contributed by atoms with Crippen LogP contribution in [0.5, 0.6) is 0 Å². The summed E-state index contributed by atoms with van der Waals surface area (Å²) in [7, 11) is 1.97. The molecule has 16 heavy (non-hydrogen) atoms. The van der Waals surface area contributed by atoms with E-state index in [1.165, 1.54) is 34.6 Å². The molecule has 88 valence electrons. The van der Waals surface area contributed by atoms with Crippen LogP contribution in [-0.2, 0) is 6.42 Å². The fourth-order valence-corrected chi connectivity index (χ4v) is 3.33. The summed E-state index contributed by atoms with van der Waals surface area (Å²) in [6.07, 6.45) is 2.51. The fourth-order valence-electron chi connectivity index (χ4n) is 2.31. The Kier molecular flexibility index (Phi) is 3.90. The van der Waals surface area contributed by atoms with Gasteiger partial charge in [-0.15, -0.1) is 11.8 Å². The average molecular weight is 236 g/mol. The van der Waals surface area contributed by atoms with Gasteiger partial charge < -0.3 is 11.1 Å². The van der Waals surface area contributed by atoms with Crippen molar-refractivity contribution in [2.75, 3.05) is 12.8 Å². The predicted molar refractivity (Wildman–Crippen MR) is 70.9 cm³/mol. The maximum absolute atomic E-state index is 5.99. The highest BCUT2D eigenvalue weighted by Gasteiger charge is 2.16. The van der Waals surface area contributed by atoms with Crippen LogP contribution in [0.4, 0.5) is 0 Å². The molecule has 0 saturated heterocycles. The minimum Gasteiger partial charge on any atom is -0.326 e. The molecule has 0 saturated carbocycles. The second-order valence-corrected chi connectivity index (χ2v) is 5.58. The van der Waals surface area contributed by atoms with Crippen LogP contribution in [0.25, 0.3) is 0 Å². The van der Waals surface area contributed by atoms with E-state index < -0.39 is 0 Å². The Morgan fingerprint density at radius 3 is 2.94 bits per heavy atom. The third-order valence-corrected chi connectivity index (χ3v) is 4.33. The van der Waals surface area contributed by atoms with Crippen molar-refractivity contribution in [3.05, 3.63) is 29.3 Å². The maximum Gasteiger partial charge on any atom is 0.0468 e. The van der Waals surface area contributed by atoms with Gasteiger partial charge in [0.25, 0.3) is 0 Å². The minimum atomic E-state index is 0.138. The zero-order valence-electron chi connectivity index (χ0n) is 9.99. The molecule has 0 amide bonds. The number of hydrogen-bond donors (Lipinski definition) is 2. The topological polar surface area (TPSA) is 38.0 Å². The van der Waals surface area contributed by atoms with Crippen LogP contribution in [0.1, 0.15) is 30.5 Å². The smallest absolute Gasteiger partial charge is 0.0468 e. The Labute approximate surface area is 102 Å². The molecule has 2 atom stereocenters. The van der Waals surface area contributed by atoms with Crippen LogP contribution < -0.4 is 11.1 Å². The fraction of sp³-hybridized carbons (Fsp3) is 0.538. The molecule has 1 heterocycles. The Bertz CT molecular complexity index is 363. The van der Waals surface area contributed by atoms with Crippen LogP contribution in [0.15, 0.2) is 23.1 Å². The van der Waals surface area contributed by atoms with Crippen molar-refractivity contribution in [1.29, 1.82) is 0 Å². The number of likely N-dealkylation sites (N-methyl/N-ethyl adjacent to an activating group) is 1. The van der Waals surface area contributed by atoms with Gasteiger partial charge in [-0.25, -0.2) is 0 Å². The summed E-state index contributed by atoms with van der Waals surface area (Å²) in [5.74, 6) is 1.26. The molecule has 1 aliphatic heterocycles. The van der Waals surface area contributed by atoms with Crippen molar-refractivity contribution in [3.63, 3.8) is 0 Å². The SMILES string of the molecule is CNC(c1ccc2c(c1)CCCS2)C(C)N. The second-order valence-electron chi connectivity index (χ2n) is 4.44. The number of nitrogens with two attached hydrogens (primary N) is 1. The van der Waals surface area contributed by atoms with E-state index in [1.54, 1.807) is 0 Å². The molecule has 2 nitrogen and oxygen atoms in total. The lowest BCUT2D eigenvalue weighted by atomic mass is 9.97. The lowest BCUT2D eigenvalue weighted by molar-refractivity contribution is 0.503. The van der Waals surface area contributed by atoms with Crippen molar-refractivity contribution in [1.82, 2.24) is 5.32 Å². The van der Waals surface area contributed by atoms with Crippen molar-refractivity contribution >= 4 is 11.8 Å². The molecule has 1 aromatic carbocycles. The summed E-state index contributed by atoms with van der Waals surface area (Å²) >= 11 is 1.97. The first-order valence-electron chi connectivity index (χ1n) is 5.91. The van der Waals surface area contributed by atoms with Crippen molar-refractivity contribution in [3.8, 4) is 0 Å². The van der Waals surface area contributed by atoms with Crippen LogP contribution in [-0.4, -0.2) is 18.8 Å². The molecule has 0 spiro atoms. The number of thioether (sulfide) groups is 1. The van der Waals surface area contributed by atoms with Gasteiger partial charge in [0, 0.05) is 17.0 Å². The Hall–Kier alpha value is -0.510. The van der Waals surface area contributed by atoms with E-state index >= 15 is 0 Å². The average Bonchev–Trinajstić information content (AvgIpc) is 2.29. The van der Waals surface area contributed by atoms with Gasteiger partial charge in [0.15, 0.2) is 0 Å². The molecule has 1 aliphatic rings. The van der Waals surface area contributed by atoms with E-state index in [1.807, 2.05) is 18.8 Å². The third-order valence-electron chi connectivity index (χ3n) is 3.13. The summed E-state index contributed by atoms with van der Waals surface area (Å²) in [5.41, 5.74) is 8.80. The van der Waals surface area contributed by atoms with Crippen LogP contribution in [0, 0.1) is 0 Å². The molecule has 1 aromatic rings. The lowest BCUT2D eigenvalue weighted by Gasteiger charge is -2.23. The highest BCUT2D eigenvalue weighted by Crippen LogP contribution is 2.32. The van der Waals surface area contributed by atoms with Gasteiger partial charge in [-0.3, -0.25) is 0 Å². The molecule has 2 unspecified atom stereocenters. The first kappa shape index (κ1) is 12.0. The largest absolute Gasteiger partial charge is 0.326 e. The molecule has 2 rings (SSSR count). The number of rotatable bonds is 3. The standard InChI is InChI=1S/C13H20N2S/c1-9(14)13(15-2)11-5-6-12-10(8-11)4-3-7-16-12/h5-6,8-9,13,15H,3-4,7,14H2,1-2H3. The molecule has 0 bridgehead atoms. The van der Waals surface area contributed by atoms with E-state index in [0.717, 1.165) is 0 Å². The van der Waals surface area contributed by atoms with Gasteiger partial charge in [-0.05, 0) is 49.8 Å². The van der Waals surface area contributed by atoms with E-state index in [0.29, 0.717) is 0 Å². The maximum atomic E-state index is 5.99. The monoisotopic (exact) mass is 236 g/mol. The molecular weight excluding hydrogens is 216 g/mol. The predicted octanol–water partition coefficient (Wildman–Crippen LogP) is 2.33. The van der Waals surface area contributed by atoms with Gasteiger partial charge in [0.05, 0.1) is 0 Å². The van der Waals surface area contributed by atoms with Crippen molar-refractivity contribution < 1.29 is 0 Å². The van der Waals surface area contributed by atoms with Crippen LogP contribution in [0.2, 0.25) is 0 Å². The normalized spacial score (nSPS) is 18.9. The second kappa shape index (κ2) is 5.21. The number of aryl methyl sites for hydroxylation is 1. The van der Waals surface area contributed by atoms with Gasteiger partial charge >= 0.3 is 0 Å². The highest BCUT2D eigenvalue weighted by atomic mass is 32.2. The Morgan fingerprint density at radius 2 is 2.25 bits per heavy atom.